The summed E-state index contributed by atoms with van der Waals surface area (Å²) in [6, 6.07) is 16.4. The van der Waals surface area contributed by atoms with Crippen molar-refractivity contribution >= 4 is 23.2 Å². The van der Waals surface area contributed by atoms with Crippen LogP contribution in [-0.2, 0) is 0 Å². The number of carboxylic acid groups (broad SMARTS) is 1. The highest BCUT2D eigenvalue weighted by Crippen LogP contribution is 2.33. The number of rotatable bonds is 4. The van der Waals surface area contributed by atoms with Gasteiger partial charge in [0.1, 0.15) is 17.1 Å². The van der Waals surface area contributed by atoms with Gasteiger partial charge in [-0.3, -0.25) is 24.6 Å². The predicted octanol–water partition coefficient (Wildman–Crippen LogP) is 5.26. The highest BCUT2D eigenvalue weighted by Gasteiger charge is 2.31. The Labute approximate surface area is 316 Å². The molecule has 288 valence electrons. The van der Waals surface area contributed by atoms with Crippen LogP contribution in [-0.4, -0.2) is 74.4 Å². The van der Waals surface area contributed by atoms with Crippen LogP contribution in [0.5, 0.6) is 11.5 Å². The number of aromatic amines is 2. The van der Waals surface area contributed by atoms with E-state index in [2.05, 4.69) is 25.5 Å². The molecule has 55 heavy (non-hydrogen) atoms. The van der Waals surface area contributed by atoms with Crippen molar-refractivity contribution in [3.05, 3.63) is 126 Å². The van der Waals surface area contributed by atoms with Crippen molar-refractivity contribution in [3.63, 3.8) is 0 Å². The van der Waals surface area contributed by atoms with Crippen molar-refractivity contribution in [2.24, 2.45) is 0 Å². The SMILES string of the molecule is Cc1nc2cc([C@@H]3CCCCN3)[nH]n2c(=O)c1C.Cc1nc2cc([C@@H]3CCCCN3C(=O)c3ccccc3O)[nH]n2c(=O)c1C.O=C(O)c1ccccc1O. The molecule has 0 aliphatic carbocycles. The van der Waals surface area contributed by atoms with Crippen LogP contribution in [0.3, 0.4) is 0 Å². The summed E-state index contributed by atoms with van der Waals surface area (Å²) in [7, 11) is 0. The molecule has 15 nitrogen and oxygen atoms in total. The standard InChI is InChI=1S/C20H22N4O3.C13H18N4O.C7H6O3/c1-12-13(2)21-18-11-15(22-24(18)19(12)26)16-8-5-6-10-23(16)20(27)14-7-3-4-9-17(14)25;1-8-9(2)15-12-7-11(16-17(12)13(8)18)10-5-3-4-6-14-10;8-6-4-2-1-3-5(6)7(9)10/h3-4,7,9,11,16,22,25H,5-6,8,10H2,1-2H3;7,10,14,16H,3-6H2,1-2H3;1-4,8H,(H,9,10)/t16-;10-;/m00./s1. The molecular formula is C40H46N8O7. The smallest absolute Gasteiger partial charge is 0.339 e. The number of hydrogen-bond donors (Lipinski definition) is 6. The van der Waals surface area contributed by atoms with E-state index in [1.54, 1.807) is 46.7 Å². The number of aryl methyl sites for hydroxylation is 2. The van der Waals surface area contributed by atoms with E-state index in [-0.39, 0.29) is 40.1 Å². The van der Waals surface area contributed by atoms with Crippen LogP contribution < -0.4 is 16.4 Å². The zero-order valence-corrected chi connectivity index (χ0v) is 31.3. The van der Waals surface area contributed by atoms with Crippen molar-refractivity contribution in [2.75, 3.05) is 13.1 Å². The fraction of sp³-hybridized carbons (Fsp3) is 0.350. The second-order valence-electron chi connectivity index (χ2n) is 13.9. The topological polar surface area (TPSA) is 210 Å². The number of nitrogens with zero attached hydrogens (tertiary/aromatic N) is 5. The van der Waals surface area contributed by atoms with Gasteiger partial charge in [-0.15, -0.1) is 0 Å². The number of aromatic hydroxyl groups is 2. The lowest BCUT2D eigenvalue weighted by atomic mass is 9.98. The monoisotopic (exact) mass is 750 g/mol. The Hall–Kier alpha value is -6.22. The third-order valence-electron chi connectivity index (χ3n) is 10.3. The minimum atomic E-state index is -1.11. The number of likely N-dealkylation sites (tertiary alicyclic amines) is 1. The van der Waals surface area contributed by atoms with Crippen LogP contribution in [0.25, 0.3) is 11.3 Å². The van der Waals surface area contributed by atoms with Crippen LogP contribution in [0.1, 0.15) is 105 Å². The van der Waals surface area contributed by atoms with Gasteiger partial charge in [-0.05, 0) is 90.6 Å². The molecule has 2 atom stereocenters. The van der Waals surface area contributed by atoms with Crippen LogP contribution >= 0.6 is 0 Å². The quantitative estimate of drug-likeness (QED) is 0.138. The number of carboxylic acids is 1. The lowest BCUT2D eigenvalue weighted by Gasteiger charge is -2.35. The molecule has 8 rings (SSSR count). The zero-order chi connectivity index (χ0) is 39.4. The second kappa shape index (κ2) is 16.4. The zero-order valence-electron chi connectivity index (χ0n) is 31.3. The number of phenols is 2. The molecule has 2 aromatic carbocycles. The van der Waals surface area contributed by atoms with Gasteiger partial charge in [0.25, 0.3) is 17.0 Å². The number of carbonyl (C=O) groups excluding carboxylic acids is 1. The molecule has 6 aromatic rings. The molecule has 2 fully saturated rings. The molecule has 0 spiro atoms. The van der Waals surface area contributed by atoms with Gasteiger partial charge in [-0.25, -0.2) is 23.8 Å². The molecule has 0 bridgehead atoms. The summed E-state index contributed by atoms with van der Waals surface area (Å²) >= 11 is 0. The second-order valence-corrected chi connectivity index (χ2v) is 13.9. The number of nitrogens with one attached hydrogen (secondary N) is 3. The Balaban J connectivity index is 0.000000157. The van der Waals surface area contributed by atoms with Crippen molar-refractivity contribution in [1.82, 2.24) is 39.4 Å². The van der Waals surface area contributed by atoms with E-state index in [0.717, 1.165) is 49.3 Å². The maximum absolute atomic E-state index is 13.1. The lowest BCUT2D eigenvalue weighted by molar-refractivity contribution is 0.0601. The molecule has 4 aromatic heterocycles. The number of hydrogen-bond acceptors (Lipinski definition) is 9. The number of fused-ring (bicyclic) bond motifs is 2. The lowest BCUT2D eigenvalue weighted by Crippen LogP contribution is -2.38. The molecule has 2 aliphatic rings. The van der Waals surface area contributed by atoms with Crippen LogP contribution in [0.15, 0.2) is 70.3 Å². The van der Waals surface area contributed by atoms with Gasteiger partial charge in [-0.2, -0.15) is 0 Å². The number of benzene rings is 2. The number of carbonyl (C=O) groups is 2. The number of aromatic carboxylic acids is 1. The minimum absolute atomic E-state index is 0.000408. The summed E-state index contributed by atoms with van der Waals surface area (Å²) in [4.78, 5) is 58.7. The molecule has 15 heteroatoms. The van der Waals surface area contributed by atoms with E-state index in [1.165, 1.54) is 35.6 Å². The minimum Gasteiger partial charge on any atom is -0.507 e. The van der Waals surface area contributed by atoms with Crippen LogP contribution in [0.4, 0.5) is 0 Å². The average molecular weight is 751 g/mol. The van der Waals surface area contributed by atoms with E-state index in [9.17, 15) is 24.3 Å². The van der Waals surface area contributed by atoms with Gasteiger partial charge in [0.15, 0.2) is 11.3 Å². The number of piperidine rings is 2. The van der Waals surface area contributed by atoms with Crippen molar-refractivity contribution < 1.29 is 24.9 Å². The van der Waals surface area contributed by atoms with E-state index >= 15 is 0 Å². The van der Waals surface area contributed by atoms with E-state index in [4.69, 9.17) is 10.2 Å². The summed E-state index contributed by atoms with van der Waals surface area (Å²) in [6.07, 6.45) is 6.26. The predicted molar refractivity (Wildman–Crippen MR) is 206 cm³/mol. The fourth-order valence-electron chi connectivity index (χ4n) is 6.90. The van der Waals surface area contributed by atoms with Gasteiger partial charge < -0.3 is 25.5 Å². The Kier molecular flexibility index (Phi) is 11.5. The average Bonchev–Trinajstić information content (AvgIpc) is 3.82. The van der Waals surface area contributed by atoms with Crippen molar-refractivity contribution in [3.8, 4) is 11.5 Å². The Bertz CT molecular complexity index is 2470. The molecule has 2 aliphatic heterocycles. The van der Waals surface area contributed by atoms with Gasteiger partial charge >= 0.3 is 5.97 Å². The first-order valence-electron chi connectivity index (χ1n) is 18.4. The number of amides is 1. The number of aromatic nitrogens is 6. The summed E-state index contributed by atoms with van der Waals surface area (Å²) in [5.41, 5.74) is 6.03. The summed E-state index contributed by atoms with van der Waals surface area (Å²) in [6.45, 7) is 8.91. The molecule has 0 saturated carbocycles. The summed E-state index contributed by atoms with van der Waals surface area (Å²) in [5, 5.41) is 37.2. The third-order valence-corrected chi connectivity index (χ3v) is 10.3. The Morgan fingerprint density at radius 1 is 0.709 bits per heavy atom. The Morgan fingerprint density at radius 2 is 1.24 bits per heavy atom. The van der Waals surface area contributed by atoms with E-state index in [0.29, 0.717) is 46.3 Å². The molecular weight excluding hydrogens is 704 g/mol. The highest BCUT2D eigenvalue weighted by molar-refractivity contribution is 5.97. The number of para-hydroxylation sites is 2. The van der Waals surface area contributed by atoms with Gasteiger partial charge in [-0.1, -0.05) is 30.7 Å². The third kappa shape index (κ3) is 8.16. The summed E-state index contributed by atoms with van der Waals surface area (Å²) < 4.78 is 2.99. The highest BCUT2D eigenvalue weighted by atomic mass is 16.4. The molecule has 2 saturated heterocycles. The first-order chi connectivity index (χ1) is 26.3. The van der Waals surface area contributed by atoms with Crippen LogP contribution in [0.2, 0.25) is 0 Å². The first-order valence-corrected chi connectivity index (χ1v) is 18.4. The van der Waals surface area contributed by atoms with Gasteiger partial charge in [0, 0.05) is 47.2 Å². The van der Waals surface area contributed by atoms with Crippen molar-refractivity contribution in [2.45, 2.75) is 78.3 Å². The molecule has 6 heterocycles. The maximum atomic E-state index is 13.1. The van der Waals surface area contributed by atoms with Crippen molar-refractivity contribution in [1.29, 1.82) is 0 Å². The largest absolute Gasteiger partial charge is 0.507 e. The molecule has 0 unspecified atom stereocenters. The van der Waals surface area contributed by atoms with Gasteiger partial charge in [0.05, 0.1) is 23.0 Å². The fourth-order valence-corrected chi connectivity index (χ4v) is 6.90. The van der Waals surface area contributed by atoms with E-state index < -0.39 is 5.97 Å². The molecule has 1 amide bonds. The summed E-state index contributed by atoms with van der Waals surface area (Å²) in [5.74, 6) is -1.54. The number of phenolic OH excluding ortho intramolecular Hbond substituents is 1. The molecule has 6 N–H and O–H groups in total. The Morgan fingerprint density at radius 3 is 1.76 bits per heavy atom. The number of H-pyrrole nitrogens is 2. The van der Waals surface area contributed by atoms with Crippen LogP contribution in [0, 0.1) is 27.7 Å². The maximum Gasteiger partial charge on any atom is 0.339 e. The van der Waals surface area contributed by atoms with E-state index in [1.807, 2.05) is 32.9 Å². The normalized spacial score (nSPS) is 16.9. The first kappa shape index (κ1) is 38.5. The molecule has 0 radical (unpaired) electrons. The van der Waals surface area contributed by atoms with Gasteiger partial charge in [0.2, 0.25) is 0 Å².